The van der Waals surface area contributed by atoms with E-state index in [2.05, 4.69) is 23.2 Å². The summed E-state index contributed by atoms with van der Waals surface area (Å²) < 4.78 is 0. The Bertz CT molecular complexity index is 507. The number of carbonyl (C=O) groups is 1. The van der Waals surface area contributed by atoms with Crippen molar-refractivity contribution in [2.75, 3.05) is 25.0 Å². The summed E-state index contributed by atoms with van der Waals surface area (Å²) in [6.45, 7) is 4.63. The van der Waals surface area contributed by atoms with Gasteiger partial charge < -0.3 is 5.32 Å². The molecule has 1 N–H and O–H groups in total. The van der Waals surface area contributed by atoms with E-state index >= 15 is 0 Å². The lowest BCUT2D eigenvalue weighted by Gasteiger charge is -2.15. The van der Waals surface area contributed by atoms with Gasteiger partial charge in [-0.15, -0.1) is 0 Å². The van der Waals surface area contributed by atoms with Gasteiger partial charge >= 0.3 is 0 Å². The first-order chi connectivity index (χ1) is 9.72. The zero-order valence-corrected chi connectivity index (χ0v) is 11.9. The molecule has 0 spiro atoms. The lowest BCUT2D eigenvalue weighted by atomic mass is 10.0. The van der Waals surface area contributed by atoms with Crippen LogP contribution in [0.1, 0.15) is 31.7 Å². The molecule has 2 rings (SSSR count). The number of likely N-dealkylation sites (tertiary alicyclic amines) is 1. The lowest BCUT2D eigenvalue weighted by molar-refractivity contribution is -0.117. The number of carbonyl (C=O) groups excluding carboxylic acids is 1. The fourth-order valence-corrected chi connectivity index (χ4v) is 2.78. The van der Waals surface area contributed by atoms with Crippen LogP contribution in [0.25, 0.3) is 0 Å². The Morgan fingerprint density at radius 1 is 1.50 bits per heavy atom. The molecule has 4 nitrogen and oxygen atoms in total. The van der Waals surface area contributed by atoms with Gasteiger partial charge in [0, 0.05) is 6.54 Å². The third-order valence-corrected chi connectivity index (χ3v) is 3.76. The quantitative estimate of drug-likeness (QED) is 0.895. The van der Waals surface area contributed by atoms with E-state index in [0.29, 0.717) is 17.8 Å². The van der Waals surface area contributed by atoms with Crippen LogP contribution in [0.2, 0.25) is 0 Å². The molecular weight excluding hydrogens is 250 g/mol. The normalized spacial score (nSPS) is 18.7. The highest BCUT2D eigenvalue weighted by atomic mass is 16.2. The summed E-state index contributed by atoms with van der Waals surface area (Å²) in [4.78, 5) is 14.2. The minimum absolute atomic E-state index is 0.0372. The van der Waals surface area contributed by atoms with Crippen LogP contribution in [0, 0.1) is 17.2 Å². The first kappa shape index (κ1) is 14.5. The first-order valence-electron chi connectivity index (χ1n) is 7.24. The molecule has 4 heteroatoms. The largest absolute Gasteiger partial charge is 0.324 e. The number of anilines is 1. The van der Waals surface area contributed by atoms with Gasteiger partial charge in [0.2, 0.25) is 5.91 Å². The number of nitrogens with one attached hydrogen (secondary N) is 1. The minimum atomic E-state index is -0.0372. The van der Waals surface area contributed by atoms with Crippen molar-refractivity contribution in [1.29, 1.82) is 5.26 Å². The molecule has 0 radical (unpaired) electrons. The van der Waals surface area contributed by atoms with Crippen LogP contribution in [-0.4, -0.2) is 30.4 Å². The molecule has 1 fully saturated rings. The van der Waals surface area contributed by atoms with Gasteiger partial charge in [0.25, 0.3) is 0 Å². The molecule has 1 amide bonds. The van der Waals surface area contributed by atoms with Crippen LogP contribution >= 0.6 is 0 Å². The van der Waals surface area contributed by atoms with Crippen molar-refractivity contribution in [3.8, 4) is 6.07 Å². The van der Waals surface area contributed by atoms with Gasteiger partial charge in [-0.1, -0.05) is 25.5 Å². The van der Waals surface area contributed by atoms with E-state index in [0.717, 1.165) is 19.0 Å². The molecule has 0 aromatic heterocycles. The molecule has 20 heavy (non-hydrogen) atoms. The Labute approximate surface area is 120 Å². The summed E-state index contributed by atoms with van der Waals surface area (Å²) in [6, 6.07) is 9.18. The smallest absolute Gasteiger partial charge is 0.238 e. The number of benzene rings is 1. The van der Waals surface area contributed by atoms with Crippen molar-refractivity contribution in [3.63, 3.8) is 0 Å². The third-order valence-electron chi connectivity index (χ3n) is 3.76. The van der Waals surface area contributed by atoms with Crippen molar-refractivity contribution < 1.29 is 4.79 Å². The molecule has 1 atom stereocenters. The highest BCUT2D eigenvalue weighted by Gasteiger charge is 2.23. The van der Waals surface area contributed by atoms with Crippen molar-refractivity contribution in [2.24, 2.45) is 5.92 Å². The molecule has 1 aromatic carbocycles. The van der Waals surface area contributed by atoms with E-state index in [4.69, 9.17) is 5.26 Å². The van der Waals surface area contributed by atoms with E-state index in [1.54, 1.807) is 18.2 Å². The van der Waals surface area contributed by atoms with Gasteiger partial charge in [-0.3, -0.25) is 9.69 Å². The molecule has 1 saturated heterocycles. The second kappa shape index (κ2) is 7.06. The second-order valence-corrected chi connectivity index (χ2v) is 5.38. The Kier molecular flexibility index (Phi) is 5.14. The number of rotatable bonds is 5. The Hall–Kier alpha value is -1.86. The first-order valence-corrected chi connectivity index (χ1v) is 7.24. The second-order valence-electron chi connectivity index (χ2n) is 5.38. The molecule has 1 aliphatic heterocycles. The number of amides is 1. The average molecular weight is 271 g/mol. The van der Waals surface area contributed by atoms with Gasteiger partial charge in [0.05, 0.1) is 17.8 Å². The van der Waals surface area contributed by atoms with Crippen LogP contribution in [0.15, 0.2) is 24.3 Å². The van der Waals surface area contributed by atoms with E-state index in [1.807, 2.05) is 6.07 Å². The van der Waals surface area contributed by atoms with Crippen LogP contribution < -0.4 is 5.32 Å². The predicted octanol–water partition coefficient (Wildman–Crippen LogP) is 2.62. The van der Waals surface area contributed by atoms with Crippen LogP contribution in [0.5, 0.6) is 0 Å². The van der Waals surface area contributed by atoms with E-state index in [-0.39, 0.29) is 5.91 Å². The topological polar surface area (TPSA) is 56.1 Å². The summed E-state index contributed by atoms with van der Waals surface area (Å²) in [5.74, 6) is 0.698. The van der Waals surface area contributed by atoms with Crippen molar-refractivity contribution in [3.05, 3.63) is 29.8 Å². The van der Waals surface area contributed by atoms with Gasteiger partial charge in [-0.05, 0) is 37.4 Å². The lowest BCUT2D eigenvalue weighted by Crippen LogP contribution is -2.31. The summed E-state index contributed by atoms with van der Waals surface area (Å²) >= 11 is 0. The molecule has 1 aliphatic rings. The monoisotopic (exact) mass is 271 g/mol. The van der Waals surface area contributed by atoms with Crippen LogP contribution in [0.4, 0.5) is 5.69 Å². The van der Waals surface area contributed by atoms with E-state index < -0.39 is 0 Å². The summed E-state index contributed by atoms with van der Waals surface area (Å²) in [6.07, 6.45) is 3.64. The Balaban J connectivity index is 1.86. The summed E-state index contributed by atoms with van der Waals surface area (Å²) in [5.41, 5.74) is 1.11. The zero-order chi connectivity index (χ0) is 14.4. The maximum atomic E-state index is 12.0. The van der Waals surface area contributed by atoms with Crippen LogP contribution in [-0.2, 0) is 4.79 Å². The van der Waals surface area contributed by atoms with Gasteiger partial charge in [-0.2, -0.15) is 5.26 Å². The van der Waals surface area contributed by atoms with Crippen molar-refractivity contribution >= 4 is 11.6 Å². The summed E-state index contributed by atoms with van der Waals surface area (Å²) in [7, 11) is 0. The Morgan fingerprint density at radius 2 is 2.30 bits per heavy atom. The Morgan fingerprint density at radius 3 is 3.05 bits per heavy atom. The number of nitriles is 1. The molecule has 1 unspecified atom stereocenters. The fraction of sp³-hybridized carbons (Fsp3) is 0.500. The zero-order valence-electron chi connectivity index (χ0n) is 11.9. The van der Waals surface area contributed by atoms with Crippen LogP contribution in [0.3, 0.4) is 0 Å². The number of para-hydroxylation sites is 1. The molecule has 1 aromatic rings. The fourth-order valence-electron chi connectivity index (χ4n) is 2.78. The molecule has 106 valence electrons. The predicted molar refractivity (Wildman–Crippen MR) is 79.2 cm³/mol. The van der Waals surface area contributed by atoms with E-state index in [9.17, 15) is 4.79 Å². The molecule has 0 aliphatic carbocycles. The standard InChI is InChI=1S/C16H21N3O/c1-2-5-13-8-9-19(11-13)12-16(20)18-15-7-4-3-6-14(15)10-17/h3-4,6-7,13H,2,5,8-9,11-12H2,1H3,(H,18,20). The summed E-state index contributed by atoms with van der Waals surface area (Å²) in [5, 5.41) is 11.8. The minimum Gasteiger partial charge on any atom is -0.324 e. The maximum absolute atomic E-state index is 12.0. The highest BCUT2D eigenvalue weighted by molar-refractivity contribution is 5.93. The van der Waals surface area contributed by atoms with Crippen molar-refractivity contribution in [2.45, 2.75) is 26.2 Å². The molecule has 0 saturated carbocycles. The molecular formula is C16H21N3O. The van der Waals surface area contributed by atoms with Gasteiger partial charge in [0.1, 0.15) is 6.07 Å². The highest BCUT2D eigenvalue weighted by Crippen LogP contribution is 2.20. The van der Waals surface area contributed by atoms with Gasteiger partial charge in [0.15, 0.2) is 0 Å². The van der Waals surface area contributed by atoms with Crippen molar-refractivity contribution in [1.82, 2.24) is 4.90 Å². The average Bonchev–Trinajstić information content (AvgIpc) is 2.87. The third kappa shape index (κ3) is 3.82. The maximum Gasteiger partial charge on any atom is 0.238 e. The SMILES string of the molecule is CCCC1CCN(CC(=O)Nc2ccccc2C#N)C1. The molecule has 0 bridgehead atoms. The van der Waals surface area contributed by atoms with E-state index in [1.165, 1.54) is 19.3 Å². The number of hydrogen-bond acceptors (Lipinski definition) is 3. The number of nitrogens with zero attached hydrogens (tertiary/aromatic N) is 2. The number of hydrogen-bond donors (Lipinski definition) is 1. The van der Waals surface area contributed by atoms with Gasteiger partial charge in [-0.25, -0.2) is 0 Å². The molecule has 1 heterocycles.